The lowest BCUT2D eigenvalue weighted by molar-refractivity contribution is -0.385. The summed E-state index contributed by atoms with van der Waals surface area (Å²) in [6, 6.07) is 2.71. The lowest BCUT2D eigenvalue weighted by Crippen LogP contribution is -2.14. The number of phenols is 1. The number of hydrogen-bond acceptors (Lipinski definition) is 3. The Morgan fingerprint density at radius 2 is 1.87 bits per heavy atom. The second kappa shape index (κ2) is 3.53. The Bertz CT molecular complexity index is 405. The fourth-order valence-electron chi connectivity index (χ4n) is 1.83. The summed E-state index contributed by atoms with van der Waals surface area (Å²) in [6.45, 7) is 7.41. The maximum atomic E-state index is 10.7. The van der Waals surface area contributed by atoms with Gasteiger partial charge in [-0.25, -0.2) is 0 Å². The lowest BCUT2D eigenvalue weighted by atomic mass is 9.83. The maximum Gasteiger partial charge on any atom is 0.272 e. The SMILES string of the molecule is Cc1c([N+](=O)[O-])ccc(O)c1C(C)(C)C. The molecule has 4 nitrogen and oxygen atoms in total. The Labute approximate surface area is 88.7 Å². The van der Waals surface area contributed by atoms with Crippen LogP contribution in [0.1, 0.15) is 31.9 Å². The largest absolute Gasteiger partial charge is 0.508 e. The van der Waals surface area contributed by atoms with Gasteiger partial charge in [0.15, 0.2) is 0 Å². The molecular formula is C11H15NO3. The van der Waals surface area contributed by atoms with E-state index in [0.717, 1.165) is 0 Å². The van der Waals surface area contributed by atoms with E-state index >= 15 is 0 Å². The van der Waals surface area contributed by atoms with E-state index in [0.29, 0.717) is 11.1 Å². The number of benzene rings is 1. The van der Waals surface area contributed by atoms with Crippen LogP contribution in [0.25, 0.3) is 0 Å². The zero-order valence-electron chi connectivity index (χ0n) is 9.37. The third-order valence-corrected chi connectivity index (χ3v) is 2.36. The van der Waals surface area contributed by atoms with Crippen molar-refractivity contribution in [2.75, 3.05) is 0 Å². The van der Waals surface area contributed by atoms with Gasteiger partial charge in [0.1, 0.15) is 5.75 Å². The molecule has 1 rings (SSSR count). The minimum atomic E-state index is -0.427. The molecule has 82 valence electrons. The second-order valence-corrected chi connectivity index (χ2v) is 4.61. The summed E-state index contributed by atoms with van der Waals surface area (Å²) >= 11 is 0. The minimum Gasteiger partial charge on any atom is -0.508 e. The third kappa shape index (κ3) is 2.09. The number of hydrogen-bond donors (Lipinski definition) is 1. The quantitative estimate of drug-likeness (QED) is 0.571. The highest BCUT2D eigenvalue weighted by molar-refractivity contribution is 5.53. The fraction of sp³-hybridized carbons (Fsp3) is 0.455. The van der Waals surface area contributed by atoms with Gasteiger partial charge in [-0.15, -0.1) is 0 Å². The van der Waals surface area contributed by atoms with Crippen LogP contribution in [-0.4, -0.2) is 10.0 Å². The van der Waals surface area contributed by atoms with Gasteiger partial charge in [-0.05, 0) is 18.4 Å². The first-order valence-electron chi connectivity index (χ1n) is 4.72. The molecule has 0 heterocycles. The van der Waals surface area contributed by atoms with Gasteiger partial charge in [-0.1, -0.05) is 20.8 Å². The Hall–Kier alpha value is -1.58. The second-order valence-electron chi connectivity index (χ2n) is 4.61. The van der Waals surface area contributed by atoms with Crippen molar-refractivity contribution in [2.45, 2.75) is 33.1 Å². The molecule has 0 amide bonds. The van der Waals surface area contributed by atoms with Crippen LogP contribution >= 0.6 is 0 Å². The van der Waals surface area contributed by atoms with Crippen LogP contribution in [0.5, 0.6) is 5.75 Å². The molecule has 15 heavy (non-hydrogen) atoms. The first-order chi connectivity index (χ1) is 6.75. The Kier molecular flexibility index (Phi) is 2.71. The van der Waals surface area contributed by atoms with Crippen molar-refractivity contribution >= 4 is 5.69 Å². The molecular weight excluding hydrogens is 194 g/mol. The monoisotopic (exact) mass is 209 g/mol. The standard InChI is InChI=1S/C11H15NO3/c1-7-8(12(14)15)5-6-9(13)10(7)11(2,3)4/h5-6,13H,1-4H3. The normalized spacial score (nSPS) is 11.5. The molecule has 4 heteroatoms. The van der Waals surface area contributed by atoms with E-state index in [-0.39, 0.29) is 16.9 Å². The van der Waals surface area contributed by atoms with Crippen molar-refractivity contribution in [3.8, 4) is 5.75 Å². The zero-order chi connectivity index (χ0) is 11.8. The predicted molar refractivity (Wildman–Crippen MR) is 58.2 cm³/mol. The Morgan fingerprint density at radius 3 is 2.27 bits per heavy atom. The van der Waals surface area contributed by atoms with Gasteiger partial charge in [0, 0.05) is 17.2 Å². The smallest absolute Gasteiger partial charge is 0.272 e. The van der Waals surface area contributed by atoms with Gasteiger partial charge in [-0.3, -0.25) is 10.1 Å². The molecule has 1 aromatic rings. The average molecular weight is 209 g/mol. The summed E-state index contributed by atoms with van der Waals surface area (Å²) in [7, 11) is 0. The molecule has 0 fully saturated rings. The molecule has 0 saturated carbocycles. The van der Waals surface area contributed by atoms with E-state index in [1.54, 1.807) is 6.92 Å². The van der Waals surface area contributed by atoms with Gasteiger partial charge in [-0.2, -0.15) is 0 Å². The summed E-state index contributed by atoms with van der Waals surface area (Å²) < 4.78 is 0. The summed E-state index contributed by atoms with van der Waals surface area (Å²) in [5.41, 5.74) is 0.919. The number of nitro benzene ring substituents is 1. The van der Waals surface area contributed by atoms with Crippen molar-refractivity contribution in [3.63, 3.8) is 0 Å². The van der Waals surface area contributed by atoms with Crippen LogP contribution in [0.4, 0.5) is 5.69 Å². The van der Waals surface area contributed by atoms with Crippen molar-refractivity contribution in [2.24, 2.45) is 0 Å². The van der Waals surface area contributed by atoms with Crippen molar-refractivity contribution in [3.05, 3.63) is 33.4 Å². The molecule has 0 saturated heterocycles. The van der Waals surface area contributed by atoms with E-state index in [1.807, 2.05) is 20.8 Å². The van der Waals surface area contributed by atoms with Gasteiger partial charge in [0.2, 0.25) is 0 Å². The van der Waals surface area contributed by atoms with E-state index in [4.69, 9.17) is 0 Å². The number of phenolic OH excluding ortho intramolecular Hbond substituents is 1. The van der Waals surface area contributed by atoms with Crippen LogP contribution < -0.4 is 0 Å². The molecule has 0 unspecified atom stereocenters. The molecule has 1 N–H and O–H groups in total. The minimum absolute atomic E-state index is 0.0534. The van der Waals surface area contributed by atoms with E-state index in [2.05, 4.69) is 0 Å². The molecule has 0 aliphatic heterocycles. The van der Waals surface area contributed by atoms with E-state index in [9.17, 15) is 15.2 Å². The average Bonchev–Trinajstić information content (AvgIpc) is 2.00. The highest BCUT2D eigenvalue weighted by Gasteiger charge is 2.25. The molecule has 0 aromatic heterocycles. The van der Waals surface area contributed by atoms with E-state index < -0.39 is 4.92 Å². The molecule has 1 aromatic carbocycles. The summed E-state index contributed by atoms with van der Waals surface area (Å²) in [5.74, 6) is 0.116. The Balaban J connectivity index is 3.51. The van der Waals surface area contributed by atoms with Crippen LogP contribution in [0.15, 0.2) is 12.1 Å². The maximum absolute atomic E-state index is 10.7. The Morgan fingerprint density at radius 1 is 1.33 bits per heavy atom. The van der Waals surface area contributed by atoms with Crippen molar-refractivity contribution in [1.29, 1.82) is 0 Å². The van der Waals surface area contributed by atoms with Gasteiger partial charge >= 0.3 is 0 Å². The number of nitrogens with zero attached hydrogens (tertiary/aromatic N) is 1. The van der Waals surface area contributed by atoms with Crippen LogP contribution in [0.3, 0.4) is 0 Å². The predicted octanol–water partition coefficient (Wildman–Crippen LogP) is 2.91. The summed E-state index contributed by atoms with van der Waals surface area (Å²) in [6.07, 6.45) is 0. The number of rotatable bonds is 1. The highest BCUT2D eigenvalue weighted by atomic mass is 16.6. The third-order valence-electron chi connectivity index (χ3n) is 2.36. The molecule has 0 aliphatic carbocycles. The van der Waals surface area contributed by atoms with Crippen LogP contribution in [-0.2, 0) is 5.41 Å². The lowest BCUT2D eigenvalue weighted by Gasteiger charge is -2.22. The molecule has 0 radical (unpaired) electrons. The summed E-state index contributed by atoms with van der Waals surface area (Å²) in [5, 5.41) is 20.4. The first-order valence-corrected chi connectivity index (χ1v) is 4.72. The van der Waals surface area contributed by atoms with Gasteiger partial charge < -0.3 is 5.11 Å². The summed E-state index contributed by atoms with van der Waals surface area (Å²) in [4.78, 5) is 10.3. The van der Waals surface area contributed by atoms with Gasteiger partial charge in [0.25, 0.3) is 5.69 Å². The molecule has 0 aliphatic rings. The van der Waals surface area contributed by atoms with Crippen LogP contribution in [0.2, 0.25) is 0 Å². The molecule has 0 bridgehead atoms. The molecule has 0 spiro atoms. The highest BCUT2D eigenvalue weighted by Crippen LogP contribution is 2.37. The van der Waals surface area contributed by atoms with E-state index in [1.165, 1.54) is 12.1 Å². The number of nitro groups is 1. The fourth-order valence-corrected chi connectivity index (χ4v) is 1.83. The topological polar surface area (TPSA) is 63.4 Å². The van der Waals surface area contributed by atoms with Crippen LogP contribution in [0, 0.1) is 17.0 Å². The molecule has 0 atom stereocenters. The van der Waals surface area contributed by atoms with Crippen molar-refractivity contribution in [1.82, 2.24) is 0 Å². The van der Waals surface area contributed by atoms with Crippen molar-refractivity contribution < 1.29 is 10.0 Å². The number of aromatic hydroxyl groups is 1. The van der Waals surface area contributed by atoms with Gasteiger partial charge in [0.05, 0.1) is 4.92 Å². The zero-order valence-corrected chi connectivity index (χ0v) is 9.37. The first kappa shape index (κ1) is 11.5.